The van der Waals surface area contributed by atoms with Crippen LogP contribution in [-0.4, -0.2) is 88.4 Å². The molecule has 2 aromatic rings. The average molecular weight is 494 g/mol. The molecule has 0 radical (unpaired) electrons. The maximum absolute atomic E-state index is 13.1. The Kier molecular flexibility index (Phi) is 7.46. The highest BCUT2D eigenvalue weighted by molar-refractivity contribution is 7.86. The van der Waals surface area contributed by atoms with Gasteiger partial charge in [0.1, 0.15) is 0 Å². The number of carbonyl (C=O) groups is 1. The fourth-order valence-corrected chi connectivity index (χ4v) is 6.69. The zero-order valence-electron chi connectivity index (χ0n) is 20.2. The van der Waals surface area contributed by atoms with Crippen LogP contribution in [0.5, 0.6) is 0 Å². The molecule has 2 saturated heterocycles. The Labute approximate surface area is 200 Å². The van der Waals surface area contributed by atoms with Crippen LogP contribution in [0.1, 0.15) is 33.6 Å². The molecule has 1 aromatic carbocycles. The first-order valence-electron chi connectivity index (χ1n) is 12.1. The van der Waals surface area contributed by atoms with E-state index < -0.39 is 10.2 Å². The first-order valence-corrected chi connectivity index (χ1v) is 13.5. The fraction of sp³-hybridized carbons (Fsp3) is 0.652. The molecule has 2 atom stereocenters. The van der Waals surface area contributed by atoms with Crippen LogP contribution >= 0.6 is 0 Å². The number of para-hydroxylation sites is 2. The minimum Gasteiger partial charge on any atom is -0.373 e. The van der Waals surface area contributed by atoms with Crippen LogP contribution in [0.15, 0.2) is 29.1 Å². The Morgan fingerprint density at radius 2 is 1.50 bits per heavy atom. The van der Waals surface area contributed by atoms with Gasteiger partial charge in [0, 0.05) is 58.8 Å². The highest BCUT2D eigenvalue weighted by Gasteiger charge is 2.37. The molecule has 3 heterocycles. The number of carbonyl (C=O) groups excluding carboxylic acids is 1. The Hall–Kier alpha value is -2.21. The second kappa shape index (κ2) is 10.2. The number of aryl methyl sites for hydroxylation is 2. The van der Waals surface area contributed by atoms with E-state index in [1.807, 2.05) is 45.0 Å². The lowest BCUT2D eigenvalue weighted by atomic mass is 10.3. The summed E-state index contributed by atoms with van der Waals surface area (Å²) in [4.78, 5) is 27.5. The smallest absolute Gasteiger partial charge is 0.329 e. The molecule has 10 nitrogen and oxygen atoms in total. The van der Waals surface area contributed by atoms with E-state index in [4.69, 9.17) is 4.74 Å². The van der Waals surface area contributed by atoms with Crippen molar-refractivity contribution in [3.63, 3.8) is 0 Å². The topological polar surface area (TPSA) is 97.1 Å². The van der Waals surface area contributed by atoms with Crippen molar-refractivity contribution in [3.8, 4) is 0 Å². The summed E-state index contributed by atoms with van der Waals surface area (Å²) in [6, 6.07) is 7.64. The third-order valence-corrected chi connectivity index (χ3v) is 8.52. The van der Waals surface area contributed by atoms with E-state index in [1.165, 1.54) is 8.61 Å². The normalized spacial score (nSPS) is 23.0. The van der Waals surface area contributed by atoms with Crippen molar-refractivity contribution in [2.75, 3.05) is 39.3 Å². The summed E-state index contributed by atoms with van der Waals surface area (Å²) >= 11 is 0. The van der Waals surface area contributed by atoms with Crippen molar-refractivity contribution in [2.45, 2.75) is 58.9 Å². The number of ether oxygens (including phenoxy) is 1. The molecular weight excluding hydrogens is 458 g/mol. The van der Waals surface area contributed by atoms with Crippen molar-refractivity contribution >= 4 is 27.1 Å². The molecule has 2 aliphatic rings. The van der Waals surface area contributed by atoms with Gasteiger partial charge in [-0.15, -0.1) is 0 Å². The molecular formula is C23H35N5O5S. The number of aromatic nitrogens is 2. The summed E-state index contributed by atoms with van der Waals surface area (Å²) in [7, 11) is -3.59. The molecule has 4 rings (SSSR count). The summed E-state index contributed by atoms with van der Waals surface area (Å²) in [5.74, 6) is -0.0649. The molecule has 0 aliphatic carbocycles. The zero-order chi connectivity index (χ0) is 24.5. The van der Waals surface area contributed by atoms with Crippen LogP contribution in [0, 0.1) is 0 Å². The van der Waals surface area contributed by atoms with Crippen LogP contribution in [-0.2, 0) is 32.8 Å². The fourth-order valence-electron chi connectivity index (χ4n) is 4.94. The van der Waals surface area contributed by atoms with Gasteiger partial charge in [0.25, 0.3) is 10.2 Å². The Morgan fingerprint density at radius 1 is 0.941 bits per heavy atom. The maximum Gasteiger partial charge on any atom is 0.329 e. The molecule has 11 heteroatoms. The van der Waals surface area contributed by atoms with E-state index in [9.17, 15) is 18.0 Å². The largest absolute Gasteiger partial charge is 0.373 e. The number of benzene rings is 1. The second-order valence-electron chi connectivity index (χ2n) is 9.19. The standard InChI is InChI=1S/C23H35N5O5S/c1-4-10-27-20-7-5-6-8-21(20)28(23(27)30)11-9-22(29)24-12-14-25(15-13-24)34(31,32)26-16-18(2)33-19(3)17-26/h5-8,18-19H,4,9-17H2,1-3H3/t18-,19+. The van der Waals surface area contributed by atoms with Crippen LogP contribution < -0.4 is 5.69 Å². The van der Waals surface area contributed by atoms with Gasteiger partial charge in [0.15, 0.2) is 0 Å². The van der Waals surface area contributed by atoms with Crippen LogP contribution in [0.2, 0.25) is 0 Å². The summed E-state index contributed by atoms with van der Waals surface area (Å²) in [6.45, 7) is 8.63. The molecule has 1 aromatic heterocycles. The van der Waals surface area contributed by atoms with Gasteiger partial charge in [-0.25, -0.2) is 4.79 Å². The predicted octanol–water partition coefficient (Wildman–Crippen LogP) is 1.10. The van der Waals surface area contributed by atoms with Gasteiger partial charge in [-0.3, -0.25) is 13.9 Å². The monoisotopic (exact) mass is 493 g/mol. The molecule has 1 amide bonds. The zero-order valence-corrected chi connectivity index (χ0v) is 21.0. The highest BCUT2D eigenvalue weighted by atomic mass is 32.2. The molecule has 188 valence electrons. The van der Waals surface area contributed by atoms with Gasteiger partial charge >= 0.3 is 5.69 Å². The molecule has 0 saturated carbocycles. The average Bonchev–Trinajstić information content (AvgIpc) is 3.08. The van der Waals surface area contributed by atoms with E-state index >= 15 is 0 Å². The SMILES string of the molecule is CCCn1c(=O)n(CCC(=O)N2CCN(S(=O)(=O)N3C[C@@H](C)O[C@@H](C)C3)CC2)c2ccccc21. The maximum atomic E-state index is 13.1. The number of nitrogens with zero attached hydrogens (tertiary/aromatic N) is 5. The Bertz CT molecular complexity index is 1170. The minimum absolute atomic E-state index is 0.0649. The van der Waals surface area contributed by atoms with Gasteiger partial charge in [-0.1, -0.05) is 19.1 Å². The van der Waals surface area contributed by atoms with E-state index in [0.29, 0.717) is 39.3 Å². The third kappa shape index (κ3) is 4.93. The first kappa shape index (κ1) is 24.9. The van der Waals surface area contributed by atoms with Crippen molar-refractivity contribution in [1.82, 2.24) is 22.6 Å². The minimum atomic E-state index is -3.59. The third-order valence-electron chi connectivity index (χ3n) is 6.55. The molecule has 0 spiro atoms. The van der Waals surface area contributed by atoms with E-state index in [1.54, 1.807) is 14.0 Å². The van der Waals surface area contributed by atoms with Gasteiger partial charge in [0.05, 0.1) is 23.2 Å². The van der Waals surface area contributed by atoms with Crippen LogP contribution in [0.4, 0.5) is 0 Å². The molecule has 2 fully saturated rings. The second-order valence-corrected chi connectivity index (χ2v) is 11.1. The number of rotatable bonds is 7. The van der Waals surface area contributed by atoms with Gasteiger partial charge < -0.3 is 9.64 Å². The summed E-state index contributed by atoms with van der Waals surface area (Å²) in [5, 5.41) is 0. The van der Waals surface area contributed by atoms with E-state index in [0.717, 1.165) is 17.5 Å². The lowest BCUT2D eigenvalue weighted by molar-refractivity contribution is -0.132. The Balaban J connectivity index is 1.37. The van der Waals surface area contributed by atoms with Crippen molar-refractivity contribution in [2.24, 2.45) is 0 Å². The van der Waals surface area contributed by atoms with Crippen molar-refractivity contribution in [3.05, 3.63) is 34.7 Å². The van der Waals surface area contributed by atoms with Gasteiger partial charge in [-0.2, -0.15) is 17.0 Å². The number of amides is 1. The quantitative estimate of drug-likeness (QED) is 0.576. The van der Waals surface area contributed by atoms with Gasteiger partial charge in [0.2, 0.25) is 5.91 Å². The van der Waals surface area contributed by atoms with Crippen molar-refractivity contribution < 1.29 is 17.9 Å². The summed E-state index contributed by atoms with van der Waals surface area (Å²) < 4.78 is 38.2. The lowest BCUT2D eigenvalue weighted by Gasteiger charge is -2.40. The highest BCUT2D eigenvalue weighted by Crippen LogP contribution is 2.19. The number of piperazine rings is 1. The van der Waals surface area contributed by atoms with Crippen LogP contribution in [0.3, 0.4) is 0 Å². The summed E-state index contributed by atoms with van der Waals surface area (Å²) in [5.41, 5.74) is 1.62. The number of hydrogen-bond acceptors (Lipinski definition) is 5. The number of fused-ring (bicyclic) bond motifs is 1. The molecule has 2 aliphatic heterocycles. The molecule has 0 bridgehead atoms. The number of morpholine rings is 1. The lowest BCUT2D eigenvalue weighted by Crippen LogP contribution is -2.57. The van der Waals surface area contributed by atoms with Crippen LogP contribution in [0.25, 0.3) is 11.0 Å². The first-order chi connectivity index (χ1) is 16.2. The molecule has 0 unspecified atom stereocenters. The van der Waals surface area contributed by atoms with Crippen molar-refractivity contribution in [1.29, 1.82) is 0 Å². The molecule has 0 N–H and O–H groups in total. The van der Waals surface area contributed by atoms with E-state index in [-0.39, 0.29) is 43.3 Å². The molecule has 34 heavy (non-hydrogen) atoms. The van der Waals surface area contributed by atoms with Gasteiger partial charge in [-0.05, 0) is 32.4 Å². The number of imidazole rings is 1. The predicted molar refractivity (Wildman–Crippen MR) is 130 cm³/mol. The Morgan fingerprint density at radius 3 is 2.06 bits per heavy atom. The number of hydrogen-bond donors (Lipinski definition) is 0. The van der Waals surface area contributed by atoms with E-state index in [2.05, 4.69) is 0 Å². The summed E-state index contributed by atoms with van der Waals surface area (Å²) in [6.07, 6.45) is 0.759.